The number of anilines is 1. The lowest BCUT2D eigenvalue weighted by molar-refractivity contribution is 0.170. The Kier molecular flexibility index (Phi) is 5.78. The van der Waals surface area contributed by atoms with E-state index in [0.29, 0.717) is 18.3 Å². The van der Waals surface area contributed by atoms with Gasteiger partial charge < -0.3 is 15.2 Å². The summed E-state index contributed by atoms with van der Waals surface area (Å²) >= 11 is 0. The van der Waals surface area contributed by atoms with Crippen LogP contribution in [0.5, 0.6) is 5.75 Å². The molecule has 5 nitrogen and oxygen atoms in total. The summed E-state index contributed by atoms with van der Waals surface area (Å²) in [5.74, 6) is 1.89. The van der Waals surface area contributed by atoms with Gasteiger partial charge in [0.05, 0.1) is 25.2 Å². The normalized spacial score (nSPS) is 11.6. The molecule has 0 saturated heterocycles. The highest BCUT2D eigenvalue weighted by Crippen LogP contribution is 2.32. The molecule has 0 atom stereocenters. The molecule has 1 aromatic carbocycles. The molecule has 0 aliphatic carbocycles. The second kappa shape index (κ2) is 7.62. The fraction of sp³-hybridized carbons (Fsp3) is 0.474. The molecule has 2 aromatic rings. The molecule has 0 unspecified atom stereocenters. The lowest BCUT2D eigenvalue weighted by Crippen LogP contribution is -2.27. The molecule has 2 N–H and O–H groups in total. The number of methoxy groups -OCH3 is 1. The first-order valence-electron chi connectivity index (χ1n) is 8.21. The maximum atomic E-state index is 9.36. The number of ether oxygens (including phenoxy) is 1. The van der Waals surface area contributed by atoms with Gasteiger partial charge in [-0.05, 0) is 23.6 Å². The average Bonchev–Trinajstić information content (AvgIpc) is 2.59. The molecule has 0 bridgehead atoms. The highest BCUT2D eigenvalue weighted by molar-refractivity contribution is 5.68. The molecule has 0 aliphatic rings. The zero-order chi connectivity index (χ0) is 17.7. The van der Waals surface area contributed by atoms with E-state index in [1.807, 2.05) is 19.9 Å². The van der Waals surface area contributed by atoms with Gasteiger partial charge in [0, 0.05) is 24.1 Å². The zero-order valence-corrected chi connectivity index (χ0v) is 15.1. The monoisotopic (exact) mass is 329 g/mol. The van der Waals surface area contributed by atoms with Crippen molar-refractivity contribution in [1.29, 1.82) is 0 Å². The topological polar surface area (TPSA) is 67.3 Å². The van der Waals surface area contributed by atoms with E-state index in [9.17, 15) is 5.11 Å². The number of nitrogens with zero attached hydrogens (tertiary/aromatic N) is 2. The van der Waals surface area contributed by atoms with E-state index in [1.54, 1.807) is 19.5 Å². The Morgan fingerprint density at radius 2 is 2.00 bits per heavy atom. The van der Waals surface area contributed by atoms with Crippen molar-refractivity contribution in [1.82, 2.24) is 9.97 Å². The quantitative estimate of drug-likeness (QED) is 0.810. The Balaban J connectivity index is 2.32. The summed E-state index contributed by atoms with van der Waals surface area (Å²) in [4.78, 5) is 8.95. The molecular formula is C19H27N3O2. The standard InChI is InChI=1S/C19H27N3O2/c1-13(2)14-6-7-17(24-5)15(8-14)16-9-20-10-18(22-16)21-11-19(3,4)12-23/h6-10,13,23H,11-12H2,1-5H3,(H,21,22). The number of benzene rings is 1. The van der Waals surface area contributed by atoms with Crippen molar-refractivity contribution in [3.8, 4) is 17.0 Å². The third-order valence-electron chi connectivity index (χ3n) is 3.98. The van der Waals surface area contributed by atoms with Crippen LogP contribution in [0.1, 0.15) is 39.2 Å². The Morgan fingerprint density at radius 3 is 2.62 bits per heavy atom. The van der Waals surface area contributed by atoms with E-state index in [2.05, 4.69) is 41.3 Å². The van der Waals surface area contributed by atoms with Crippen LogP contribution in [0.25, 0.3) is 11.3 Å². The maximum absolute atomic E-state index is 9.36. The van der Waals surface area contributed by atoms with Crippen LogP contribution in [0.15, 0.2) is 30.6 Å². The summed E-state index contributed by atoms with van der Waals surface area (Å²) in [7, 11) is 1.66. The second-order valence-electron chi connectivity index (χ2n) is 7.08. The average molecular weight is 329 g/mol. The van der Waals surface area contributed by atoms with Crippen molar-refractivity contribution in [3.05, 3.63) is 36.2 Å². The molecular weight excluding hydrogens is 302 g/mol. The lowest BCUT2D eigenvalue weighted by atomic mass is 9.95. The molecule has 2 rings (SSSR count). The summed E-state index contributed by atoms with van der Waals surface area (Å²) < 4.78 is 5.48. The summed E-state index contributed by atoms with van der Waals surface area (Å²) in [6.45, 7) is 9.03. The van der Waals surface area contributed by atoms with Crippen molar-refractivity contribution in [3.63, 3.8) is 0 Å². The van der Waals surface area contributed by atoms with Gasteiger partial charge in [0.25, 0.3) is 0 Å². The Hall–Kier alpha value is -2.14. The van der Waals surface area contributed by atoms with Crippen LogP contribution in [0, 0.1) is 5.41 Å². The number of hydrogen-bond donors (Lipinski definition) is 2. The molecule has 0 spiro atoms. The number of aliphatic hydroxyl groups is 1. The molecule has 130 valence electrons. The minimum absolute atomic E-state index is 0.109. The molecule has 5 heteroatoms. The fourth-order valence-corrected chi connectivity index (χ4v) is 2.25. The van der Waals surface area contributed by atoms with Crippen molar-refractivity contribution >= 4 is 5.82 Å². The van der Waals surface area contributed by atoms with Crippen LogP contribution in [-0.4, -0.2) is 35.3 Å². The second-order valence-corrected chi connectivity index (χ2v) is 7.08. The van der Waals surface area contributed by atoms with Gasteiger partial charge in [0.1, 0.15) is 11.6 Å². The van der Waals surface area contributed by atoms with Crippen molar-refractivity contribution in [2.45, 2.75) is 33.6 Å². The first kappa shape index (κ1) is 18.2. The van der Waals surface area contributed by atoms with Crippen molar-refractivity contribution in [2.24, 2.45) is 5.41 Å². The van der Waals surface area contributed by atoms with Gasteiger partial charge in [-0.25, -0.2) is 4.98 Å². The Morgan fingerprint density at radius 1 is 1.25 bits per heavy atom. The van der Waals surface area contributed by atoms with Crippen molar-refractivity contribution in [2.75, 3.05) is 25.6 Å². The third kappa shape index (κ3) is 4.45. The summed E-state index contributed by atoms with van der Waals surface area (Å²) in [6, 6.07) is 6.16. The lowest BCUT2D eigenvalue weighted by Gasteiger charge is -2.22. The smallest absolute Gasteiger partial charge is 0.145 e. The number of rotatable bonds is 7. The van der Waals surface area contributed by atoms with E-state index < -0.39 is 0 Å². The first-order chi connectivity index (χ1) is 11.4. The SMILES string of the molecule is COc1ccc(C(C)C)cc1-c1cncc(NCC(C)(C)CO)n1. The Labute approximate surface area is 144 Å². The van der Waals surface area contributed by atoms with Crippen LogP contribution < -0.4 is 10.1 Å². The van der Waals surface area contributed by atoms with Crippen molar-refractivity contribution < 1.29 is 9.84 Å². The molecule has 1 aromatic heterocycles. The summed E-state index contributed by atoms with van der Waals surface area (Å²) in [6.07, 6.45) is 3.43. The van der Waals surface area contributed by atoms with Gasteiger partial charge in [-0.15, -0.1) is 0 Å². The largest absolute Gasteiger partial charge is 0.496 e. The number of aromatic nitrogens is 2. The molecule has 0 fully saturated rings. The van der Waals surface area contributed by atoms with E-state index >= 15 is 0 Å². The van der Waals surface area contributed by atoms with E-state index in [4.69, 9.17) is 4.74 Å². The van der Waals surface area contributed by atoms with E-state index in [0.717, 1.165) is 17.0 Å². The van der Waals surface area contributed by atoms with Crippen LogP contribution in [0.4, 0.5) is 5.82 Å². The van der Waals surface area contributed by atoms with Gasteiger partial charge >= 0.3 is 0 Å². The predicted octanol–water partition coefficient (Wildman–Crippen LogP) is 3.71. The molecule has 0 saturated carbocycles. The number of aliphatic hydroxyl groups excluding tert-OH is 1. The minimum atomic E-state index is -0.215. The third-order valence-corrected chi connectivity index (χ3v) is 3.98. The maximum Gasteiger partial charge on any atom is 0.145 e. The van der Waals surface area contributed by atoms with Gasteiger partial charge in [0.15, 0.2) is 0 Å². The van der Waals surface area contributed by atoms with Crippen LogP contribution in [-0.2, 0) is 0 Å². The van der Waals surface area contributed by atoms with Gasteiger partial charge in [-0.3, -0.25) is 4.98 Å². The van der Waals surface area contributed by atoms with Crippen LogP contribution in [0.2, 0.25) is 0 Å². The summed E-state index contributed by atoms with van der Waals surface area (Å²) in [5.41, 5.74) is 2.71. The predicted molar refractivity (Wildman–Crippen MR) is 97.5 cm³/mol. The molecule has 0 amide bonds. The van der Waals surface area contributed by atoms with Crippen LogP contribution in [0.3, 0.4) is 0 Å². The minimum Gasteiger partial charge on any atom is -0.496 e. The molecule has 0 radical (unpaired) electrons. The summed E-state index contributed by atoms with van der Waals surface area (Å²) in [5, 5.41) is 12.6. The fourth-order valence-electron chi connectivity index (χ4n) is 2.25. The highest BCUT2D eigenvalue weighted by atomic mass is 16.5. The first-order valence-corrected chi connectivity index (χ1v) is 8.21. The van der Waals surface area contributed by atoms with E-state index in [1.165, 1.54) is 5.56 Å². The number of nitrogens with one attached hydrogen (secondary N) is 1. The number of hydrogen-bond acceptors (Lipinski definition) is 5. The molecule has 1 heterocycles. The zero-order valence-electron chi connectivity index (χ0n) is 15.1. The highest BCUT2D eigenvalue weighted by Gasteiger charge is 2.17. The van der Waals surface area contributed by atoms with Gasteiger partial charge in [-0.1, -0.05) is 33.8 Å². The molecule has 0 aliphatic heterocycles. The Bertz CT molecular complexity index is 684. The van der Waals surface area contributed by atoms with E-state index in [-0.39, 0.29) is 12.0 Å². The van der Waals surface area contributed by atoms with Crippen LogP contribution >= 0.6 is 0 Å². The van der Waals surface area contributed by atoms with Gasteiger partial charge in [-0.2, -0.15) is 0 Å². The molecule has 24 heavy (non-hydrogen) atoms. The van der Waals surface area contributed by atoms with Gasteiger partial charge in [0.2, 0.25) is 0 Å².